The molecule has 2 aromatic heterocycles. The van der Waals surface area contributed by atoms with Crippen molar-refractivity contribution in [3.05, 3.63) is 36.4 Å². The first-order chi connectivity index (χ1) is 11.5. The zero-order chi connectivity index (χ0) is 17.5. The van der Waals surface area contributed by atoms with Gasteiger partial charge in [-0.2, -0.15) is 0 Å². The lowest BCUT2D eigenvalue weighted by Gasteiger charge is -2.32. The normalized spacial score (nSPS) is 15.3. The summed E-state index contributed by atoms with van der Waals surface area (Å²) in [7, 11) is 0. The summed E-state index contributed by atoms with van der Waals surface area (Å²) in [5.74, 6) is 0.853. The van der Waals surface area contributed by atoms with Crippen LogP contribution in [0, 0.1) is 0 Å². The van der Waals surface area contributed by atoms with E-state index in [2.05, 4.69) is 38.7 Å². The van der Waals surface area contributed by atoms with Crippen molar-refractivity contribution in [2.24, 2.45) is 5.73 Å². The maximum atomic E-state index is 10.8. The molecule has 5 N–H and O–H groups in total. The Morgan fingerprint density at radius 3 is 2.12 bits per heavy atom. The Balaban J connectivity index is 1.99. The number of nitrogens with zero attached hydrogens (tertiary/aromatic N) is 3. The van der Waals surface area contributed by atoms with E-state index in [-0.39, 0.29) is 12.1 Å². The highest BCUT2D eigenvalue weighted by atomic mass is 16.4. The molecule has 0 radical (unpaired) electrons. The Morgan fingerprint density at radius 2 is 1.71 bits per heavy atom. The standard InChI is InChI=1S/C16H26N6O2/c1-11(14-18-6-7-19-14)22(12(2)15-20-8-9-21-15)10-4-3-5-13(17)16(23)24/h6-9,11-13H,3-5,10,17H2,1-2H3,(H,18,19)(H,20,21)(H,23,24). The van der Waals surface area contributed by atoms with Crippen molar-refractivity contribution in [1.29, 1.82) is 0 Å². The van der Waals surface area contributed by atoms with Gasteiger partial charge in [0.25, 0.3) is 0 Å². The number of unbranched alkanes of at least 4 members (excludes halogenated alkanes) is 1. The second kappa shape index (κ2) is 8.60. The van der Waals surface area contributed by atoms with E-state index in [0.29, 0.717) is 6.42 Å². The summed E-state index contributed by atoms with van der Waals surface area (Å²) in [6.45, 7) is 5.00. The van der Waals surface area contributed by atoms with E-state index in [9.17, 15) is 4.79 Å². The molecule has 8 nitrogen and oxygen atoms in total. The topological polar surface area (TPSA) is 124 Å². The van der Waals surface area contributed by atoms with Gasteiger partial charge in [0, 0.05) is 24.8 Å². The summed E-state index contributed by atoms with van der Waals surface area (Å²) in [5.41, 5.74) is 5.56. The number of carbonyl (C=O) groups is 1. The predicted octanol–water partition coefficient (Wildman–Crippen LogP) is 1.84. The van der Waals surface area contributed by atoms with Crippen molar-refractivity contribution in [2.75, 3.05) is 6.54 Å². The van der Waals surface area contributed by atoms with Crippen LogP contribution in [0.3, 0.4) is 0 Å². The molecule has 8 heteroatoms. The molecule has 0 spiro atoms. The maximum absolute atomic E-state index is 10.8. The average molecular weight is 334 g/mol. The molecule has 2 heterocycles. The molecule has 0 aromatic carbocycles. The zero-order valence-electron chi connectivity index (χ0n) is 14.1. The highest BCUT2D eigenvalue weighted by Crippen LogP contribution is 2.27. The number of rotatable bonds is 10. The highest BCUT2D eigenvalue weighted by Gasteiger charge is 2.25. The predicted molar refractivity (Wildman–Crippen MR) is 90.2 cm³/mol. The fraction of sp³-hybridized carbons (Fsp3) is 0.562. The monoisotopic (exact) mass is 334 g/mol. The summed E-state index contributed by atoms with van der Waals surface area (Å²) in [5, 5.41) is 8.86. The van der Waals surface area contributed by atoms with E-state index < -0.39 is 12.0 Å². The van der Waals surface area contributed by atoms with Gasteiger partial charge in [-0.1, -0.05) is 6.42 Å². The third-order valence-electron chi connectivity index (χ3n) is 4.32. The van der Waals surface area contributed by atoms with Crippen LogP contribution in [0.5, 0.6) is 0 Å². The van der Waals surface area contributed by atoms with Gasteiger partial charge < -0.3 is 20.8 Å². The number of imidazole rings is 2. The number of aliphatic carboxylic acids is 1. The van der Waals surface area contributed by atoms with Crippen molar-refractivity contribution < 1.29 is 9.90 Å². The van der Waals surface area contributed by atoms with Gasteiger partial charge >= 0.3 is 5.97 Å². The summed E-state index contributed by atoms with van der Waals surface area (Å²) in [6.07, 6.45) is 9.21. The molecule has 0 fully saturated rings. The average Bonchev–Trinajstić information content (AvgIpc) is 3.26. The van der Waals surface area contributed by atoms with Crippen molar-refractivity contribution in [1.82, 2.24) is 24.8 Å². The molecule has 0 amide bonds. The van der Waals surface area contributed by atoms with Crippen LogP contribution < -0.4 is 5.73 Å². The van der Waals surface area contributed by atoms with Gasteiger partial charge in [-0.3, -0.25) is 9.69 Å². The minimum absolute atomic E-state index is 0.0910. The molecule has 3 unspecified atom stereocenters. The van der Waals surface area contributed by atoms with Crippen LogP contribution in [0.2, 0.25) is 0 Å². The van der Waals surface area contributed by atoms with Crippen molar-refractivity contribution >= 4 is 5.97 Å². The van der Waals surface area contributed by atoms with E-state index in [1.54, 1.807) is 12.4 Å². The first kappa shape index (κ1) is 18.2. The number of carboxylic acids is 1. The SMILES string of the molecule is CC(c1ncc[nH]1)N(CCCCC(N)C(=O)O)C(C)c1ncc[nH]1. The second-order valence-corrected chi connectivity index (χ2v) is 5.98. The van der Waals surface area contributed by atoms with Gasteiger partial charge in [-0.15, -0.1) is 0 Å². The molecular weight excluding hydrogens is 308 g/mol. The number of hydrogen-bond donors (Lipinski definition) is 4. The second-order valence-electron chi connectivity index (χ2n) is 5.98. The number of carboxylic acid groups (broad SMARTS) is 1. The maximum Gasteiger partial charge on any atom is 0.320 e. The lowest BCUT2D eigenvalue weighted by atomic mass is 10.1. The molecule has 0 aliphatic rings. The van der Waals surface area contributed by atoms with Crippen molar-refractivity contribution in [3.8, 4) is 0 Å². The first-order valence-electron chi connectivity index (χ1n) is 8.23. The molecular formula is C16H26N6O2. The lowest BCUT2D eigenvalue weighted by molar-refractivity contribution is -0.138. The van der Waals surface area contributed by atoms with Crippen LogP contribution in [0.4, 0.5) is 0 Å². The Bertz CT molecular complexity index is 558. The van der Waals surface area contributed by atoms with E-state index >= 15 is 0 Å². The van der Waals surface area contributed by atoms with E-state index in [1.807, 2.05) is 12.4 Å². The molecule has 0 saturated carbocycles. The van der Waals surface area contributed by atoms with Gasteiger partial charge in [0.1, 0.15) is 17.7 Å². The van der Waals surface area contributed by atoms with Crippen LogP contribution in [-0.2, 0) is 4.79 Å². The molecule has 2 aromatic rings. The highest BCUT2D eigenvalue weighted by molar-refractivity contribution is 5.72. The zero-order valence-corrected chi connectivity index (χ0v) is 14.1. The van der Waals surface area contributed by atoms with Crippen LogP contribution in [0.15, 0.2) is 24.8 Å². The summed E-state index contributed by atoms with van der Waals surface area (Å²) >= 11 is 0. The quantitative estimate of drug-likeness (QED) is 0.491. The molecule has 0 aliphatic heterocycles. The van der Waals surface area contributed by atoms with E-state index in [1.165, 1.54) is 0 Å². The molecule has 0 aliphatic carbocycles. The third kappa shape index (κ3) is 4.65. The smallest absolute Gasteiger partial charge is 0.320 e. The number of nitrogens with two attached hydrogens (primary N) is 1. The summed E-state index contributed by atoms with van der Waals surface area (Å²) in [4.78, 5) is 28.1. The minimum atomic E-state index is -0.945. The number of nitrogens with one attached hydrogen (secondary N) is 2. The van der Waals surface area contributed by atoms with Crippen LogP contribution in [0.1, 0.15) is 56.8 Å². The van der Waals surface area contributed by atoms with Crippen molar-refractivity contribution in [3.63, 3.8) is 0 Å². The number of H-pyrrole nitrogens is 2. The Morgan fingerprint density at radius 1 is 1.17 bits per heavy atom. The number of aromatic amines is 2. The molecule has 132 valence electrons. The fourth-order valence-electron chi connectivity index (χ4n) is 2.83. The lowest BCUT2D eigenvalue weighted by Crippen LogP contribution is -2.33. The molecule has 2 rings (SSSR count). The van der Waals surface area contributed by atoms with Gasteiger partial charge in [0.05, 0.1) is 12.1 Å². The Kier molecular flexibility index (Phi) is 6.51. The fourth-order valence-corrected chi connectivity index (χ4v) is 2.83. The van der Waals surface area contributed by atoms with Crippen LogP contribution >= 0.6 is 0 Å². The Labute approximate surface area is 141 Å². The van der Waals surface area contributed by atoms with Gasteiger partial charge in [-0.25, -0.2) is 9.97 Å². The summed E-state index contributed by atoms with van der Waals surface area (Å²) in [6, 6.07) is -0.607. The van der Waals surface area contributed by atoms with E-state index in [4.69, 9.17) is 10.8 Å². The van der Waals surface area contributed by atoms with Gasteiger partial charge in [-0.05, 0) is 33.2 Å². The third-order valence-corrected chi connectivity index (χ3v) is 4.32. The molecule has 24 heavy (non-hydrogen) atoms. The molecule has 3 atom stereocenters. The number of hydrogen-bond acceptors (Lipinski definition) is 5. The van der Waals surface area contributed by atoms with Crippen molar-refractivity contribution in [2.45, 2.75) is 51.2 Å². The summed E-state index contributed by atoms with van der Waals surface area (Å²) < 4.78 is 0. The minimum Gasteiger partial charge on any atom is -0.480 e. The molecule has 0 bridgehead atoms. The van der Waals surface area contributed by atoms with Gasteiger partial charge in [0.2, 0.25) is 0 Å². The largest absolute Gasteiger partial charge is 0.480 e. The Hall–Kier alpha value is -2.19. The number of aromatic nitrogens is 4. The first-order valence-corrected chi connectivity index (χ1v) is 8.23. The van der Waals surface area contributed by atoms with E-state index in [0.717, 1.165) is 31.0 Å². The molecule has 0 saturated heterocycles. The van der Waals surface area contributed by atoms with Crippen LogP contribution in [-0.4, -0.2) is 48.5 Å². The van der Waals surface area contributed by atoms with Gasteiger partial charge in [0.15, 0.2) is 0 Å². The van der Waals surface area contributed by atoms with Crippen LogP contribution in [0.25, 0.3) is 0 Å².